The molecule has 0 bridgehead atoms. The number of hydrogen-bond acceptors (Lipinski definition) is 1. The zero-order chi connectivity index (χ0) is 13.3. The molecular weight excluding hydrogens is 225 g/mol. The van der Waals surface area contributed by atoms with Crippen LogP contribution in [0.4, 0.5) is 4.39 Å². The first-order valence-corrected chi connectivity index (χ1v) is 6.89. The SMILES string of the molecule is Cc1ccc(C2CC(C)(C)CCC2CN)cc1F. The van der Waals surface area contributed by atoms with E-state index in [0.29, 0.717) is 23.8 Å². The number of halogens is 1. The highest BCUT2D eigenvalue weighted by atomic mass is 19.1. The van der Waals surface area contributed by atoms with Crippen molar-refractivity contribution in [3.63, 3.8) is 0 Å². The van der Waals surface area contributed by atoms with E-state index in [2.05, 4.69) is 19.9 Å². The lowest BCUT2D eigenvalue weighted by atomic mass is 9.65. The molecule has 0 spiro atoms. The first-order valence-electron chi connectivity index (χ1n) is 6.89. The zero-order valence-electron chi connectivity index (χ0n) is 11.7. The number of aryl methyl sites for hydroxylation is 1. The molecule has 2 heteroatoms. The topological polar surface area (TPSA) is 26.0 Å². The van der Waals surface area contributed by atoms with Gasteiger partial charge in [0, 0.05) is 0 Å². The fourth-order valence-corrected chi connectivity index (χ4v) is 3.15. The Bertz CT molecular complexity index is 425. The standard InChI is InChI=1S/C16H24FN/c1-11-4-5-12(8-15(11)17)14-9-16(2,3)7-6-13(14)10-18/h4-5,8,13-14H,6-7,9-10,18H2,1-3H3. The fraction of sp³-hybridized carbons (Fsp3) is 0.625. The van der Waals surface area contributed by atoms with Gasteiger partial charge in [0.25, 0.3) is 0 Å². The molecule has 0 aromatic heterocycles. The van der Waals surface area contributed by atoms with Crippen LogP contribution in [0.15, 0.2) is 18.2 Å². The van der Waals surface area contributed by atoms with Crippen LogP contribution >= 0.6 is 0 Å². The van der Waals surface area contributed by atoms with Crippen LogP contribution in [-0.2, 0) is 0 Å². The van der Waals surface area contributed by atoms with Gasteiger partial charge in [-0.05, 0) is 67.2 Å². The Morgan fingerprint density at radius 2 is 2.11 bits per heavy atom. The minimum Gasteiger partial charge on any atom is -0.330 e. The van der Waals surface area contributed by atoms with E-state index in [1.54, 1.807) is 6.07 Å². The summed E-state index contributed by atoms with van der Waals surface area (Å²) in [7, 11) is 0. The van der Waals surface area contributed by atoms with E-state index < -0.39 is 0 Å². The van der Waals surface area contributed by atoms with Crippen LogP contribution in [0.2, 0.25) is 0 Å². The van der Waals surface area contributed by atoms with E-state index in [4.69, 9.17) is 5.73 Å². The lowest BCUT2D eigenvalue weighted by Crippen LogP contribution is -2.32. The predicted molar refractivity (Wildman–Crippen MR) is 74.1 cm³/mol. The molecule has 1 aromatic carbocycles. The van der Waals surface area contributed by atoms with Gasteiger partial charge in [-0.25, -0.2) is 4.39 Å². The summed E-state index contributed by atoms with van der Waals surface area (Å²) in [5, 5.41) is 0. The minimum absolute atomic E-state index is 0.0911. The van der Waals surface area contributed by atoms with Crippen LogP contribution in [0.3, 0.4) is 0 Å². The Balaban J connectivity index is 2.29. The molecule has 100 valence electrons. The van der Waals surface area contributed by atoms with Gasteiger partial charge in [-0.2, -0.15) is 0 Å². The molecule has 2 atom stereocenters. The second kappa shape index (κ2) is 5.00. The maximum Gasteiger partial charge on any atom is 0.126 e. The maximum atomic E-state index is 13.7. The van der Waals surface area contributed by atoms with Crippen molar-refractivity contribution in [2.24, 2.45) is 17.1 Å². The molecule has 0 heterocycles. The monoisotopic (exact) mass is 249 g/mol. The number of benzene rings is 1. The third-order valence-corrected chi connectivity index (χ3v) is 4.46. The van der Waals surface area contributed by atoms with Gasteiger partial charge in [0.15, 0.2) is 0 Å². The Morgan fingerprint density at radius 3 is 2.72 bits per heavy atom. The van der Waals surface area contributed by atoms with Crippen molar-refractivity contribution in [3.8, 4) is 0 Å². The van der Waals surface area contributed by atoms with E-state index in [1.807, 2.05) is 13.0 Å². The Hall–Kier alpha value is -0.890. The number of rotatable bonds is 2. The average Bonchev–Trinajstić information content (AvgIpc) is 2.32. The Labute approximate surface area is 110 Å². The van der Waals surface area contributed by atoms with Crippen LogP contribution in [0.1, 0.15) is 50.2 Å². The molecule has 0 saturated heterocycles. The molecule has 1 fully saturated rings. The minimum atomic E-state index is -0.0911. The summed E-state index contributed by atoms with van der Waals surface area (Å²) < 4.78 is 13.7. The Morgan fingerprint density at radius 1 is 1.39 bits per heavy atom. The third-order valence-electron chi connectivity index (χ3n) is 4.46. The van der Waals surface area contributed by atoms with E-state index in [-0.39, 0.29) is 5.82 Å². The third kappa shape index (κ3) is 2.74. The number of nitrogens with two attached hydrogens (primary N) is 1. The van der Waals surface area contributed by atoms with Crippen molar-refractivity contribution in [2.75, 3.05) is 6.54 Å². The van der Waals surface area contributed by atoms with Crippen LogP contribution in [0.5, 0.6) is 0 Å². The molecule has 18 heavy (non-hydrogen) atoms. The quantitative estimate of drug-likeness (QED) is 0.842. The summed E-state index contributed by atoms with van der Waals surface area (Å²) >= 11 is 0. The molecule has 1 aliphatic carbocycles. The van der Waals surface area contributed by atoms with Crippen molar-refractivity contribution >= 4 is 0 Å². The van der Waals surface area contributed by atoms with Crippen molar-refractivity contribution in [1.29, 1.82) is 0 Å². The second-order valence-electron chi connectivity index (χ2n) is 6.52. The highest BCUT2D eigenvalue weighted by Gasteiger charge is 2.35. The molecule has 0 amide bonds. The van der Waals surface area contributed by atoms with Crippen molar-refractivity contribution in [3.05, 3.63) is 35.1 Å². The second-order valence-corrected chi connectivity index (χ2v) is 6.52. The maximum absolute atomic E-state index is 13.7. The van der Waals surface area contributed by atoms with Crippen molar-refractivity contribution in [2.45, 2.75) is 46.0 Å². The summed E-state index contributed by atoms with van der Waals surface area (Å²) in [5.41, 5.74) is 8.09. The molecule has 1 aromatic rings. The largest absolute Gasteiger partial charge is 0.330 e. The van der Waals surface area contributed by atoms with Gasteiger partial charge < -0.3 is 5.73 Å². The lowest BCUT2D eigenvalue weighted by molar-refractivity contribution is 0.165. The predicted octanol–water partition coefficient (Wildman–Crippen LogP) is 4.00. The average molecular weight is 249 g/mol. The molecule has 1 saturated carbocycles. The van der Waals surface area contributed by atoms with Gasteiger partial charge in [0.1, 0.15) is 5.82 Å². The summed E-state index contributed by atoms with van der Waals surface area (Å²) in [4.78, 5) is 0. The van der Waals surface area contributed by atoms with Gasteiger partial charge in [0.05, 0.1) is 0 Å². The lowest BCUT2D eigenvalue weighted by Gasteiger charge is -2.40. The first kappa shape index (κ1) is 13.5. The molecule has 2 unspecified atom stereocenters. The number of hydrogen-bond donors (Lipinski definition) is 1. The van der Waals surface area contributed by atoms with Crippen LogP contribution in [-0.4, -0.2) is 6.54 Å². The normalized spacial score (nSPS) is 27.2. The van der Waals surface area contributed by atoms with Crippen LogP contribution in [0.25, 0.3) is 0 Å². The highest BCUT2D eigenvalue weighted by Crippen LogP contribution is 2.46. The van der Waals surface area contributed by atoms with Crippen LogP contribution in [0, 0.1) is 24.1 Å². The van der Waals surface area contributed by atoms with E-state index in [9.17, 15) is 4.39 Å². The molecule has 1 nitrogen and oxygen atoms in total. The van der Waals surface area contributed by atoms with Crippen molar-refractivity contribution < 1.29 is 4.39 Å². The molecule has 0 aliphatic heterocycles. The highest BCUT2D eigenvalue weighted by molar-refractivity contribution is 5.27. The fourth-order valence-electron chi connectivity index (χ4n) is 3.15. The van der Waals surface area contributed by atoms with Crippen molar-refractivity contribution in [1.82, 2.24) is 0 Å². The van der Waals surface area contributed by atoms with E-state index >= 15 is 0 Å². The summed E-state index contributed by atoms with van der Waals surface area (Å²) in [6.45, 7) is 7.12. The summed E-state index contributed by atoms with van der Waals surface area (Å²) in [6, 6.07) is 5.68. The molecule has 0 radical (unpaired) electrons. The van der Waals surface area contributed by atoms with Gasteiger partial charge >= 0.3 is 0 Å². The Kier molecular flexibility index (Phi) is 3.76. The van der Waals surface area contributed by atoms with Gasteiger partial charge in [0.2, 0.25) is 0 Å². The van der Waals surface area contributed by atoms with Gasteiger partial charge in [-0.15, -0.1) is 0 Å². The van der Waals surface area contributed by atoms with Gasteiger partial charge in [-0.1, -0.05) is 26.0 Å². The molecular formula is C16H24FN. The van der Waals surface area contributed by atoms with E-state index in [0.717, 1.165) is 24.0 Å². The zero-order valence-corrected chi connectivity index (χ0v) is 11.7. The summed E-state index contributed by atoms with van der Waals surface area (Å²) in [5.74, 6) is 0.820. The van der Waals surface area contributed by atoms with Crippen LogP contribution < -0.4 is 5.73 Å². The molecule has 2 N–H and O–H groups in total. The molecule has 1 aliphatic rings. The first-order chi connectivity index (χ1) is 8.43. The van der Waals surface area contributed by atoms with E-state index in [1.165, 1.54) is 6.42 Å². The smallest absolute Gasteiger partial charge is 0.126 e. The van der Waals surface area contributed by atoms with Gasteiger partial charge in [-0.3, -0.25) is 0 Å². The molecule has 2 rings (SSSR count). The summed E-state index contributed by atoms with van der Waals surface area (Å²) in [6.07, 6.45) is 3.49.